The predicted molar refractivity (Wildman–Crippen MR) is 90.1 cm³/mol. The molecular formula is C13H21Cl2N3O3S. The van der Waals surface area contributed by atoms with Gasteiger partial charge in [0.25, 0.3) is 0 Å². The molecule has 1 aromatic carbocycles. The highest BCUT2D eigenvalue weighted by molar-refractivity contribution is 7.89. The fourth-order valence-electron chi connectivity index (χ4n) is 1.60. The quantitative estimate of drug-likeness (QED) is 0.719. The van der Waals surface area contributed by atoms with Crippen LogP contribution < -0.4 is 10.0 Å². The van der Waals surface area contributed by atoms with E-state index in [1.54, 1.807) is 31.1 Å². The van der Waals surface area contributed by atoms with Gasteiger partial charge in [-0.25, -0.2) is 13.1 Å². The number of benzene rings is 1. The highest BCUT2D eigenvalue weighted by Crippen LogP contribution is 2.15. The van der Waals surface area contributed by atoms with Crippen LogP contribution >= 0.6 is 24.0 Å². The molecule has 0 heterocycles. The molecule has 0 aliphatic heterocycles. The molecule has 0 bridgehead atoms. The monoisotopic (exact) mass is 369 g/mol. The normalized spacial score (nSPS) is 10.9. The standard InChI is InChI=1S/C13H20ClN3O3S.ClH/c1-15-8-9-17(2)13(18)6-7-16-21(19,20)12-5-3-4-11(14)10-12;/h3-5,10,15-16H,6-9H2,1-2H3;1H. The Morgan fingerprint density at radius 2 is 2.00 bits per heavy atom. The van der Waals surface area contributed by atoms with Crippen LogP contribution in [0.3, 0.4) is 0 Å². The van der Waals surface area contributed by atoms with E-state index < -0.39 is 10.0 Å². The molecule has 2 N–H and O–H groups in total. The first-order valence-corrected chi connectivity index (χ1v) is 8.36. The van der Waals surface area contributed by atoms with Crippen molar-refractivity contribution in [2.45, 2.75) is 11.3 Å². The van der Waals surface area contributed by atoms with Gasteiger partial charge in [0.05, 0.1) is 4.90 Å². The minimum absolute atomic E-state index is 0. The molecular weight excluding hydrogens is 349 g/mol. The maximum atomic E-state index is 12.0. The van der Waals surface area contributed by atoms with E-state index in [2.05, 4.69) is 10.0 Å². The zero-order chi connectivity index (χ0) is 15.9. The summed E-state index contributed by atoms with van der Waals surface area (Å²) in [6, 6.07) is 5.98. The van der Waals surface area contributed by atoms with Crippen molar-refractivity contribution in [3.63, 3.8) is 0 Å². The number of nitrogens with zero attached hydrogens (tertiary/aromatic N) is 1. The predicted octanol–water partition coefficient (Wildman–Crippen LogP) is 1.11. The molecule has 6 nitrogen and oxygen atoms in total. The Kier molecular flexibility index (Phi) is 9.63. The van der Waals surface area contributed by atoms with Crippen molar-refractivity contribution in [1.29, 1.82) is 0 Å². The number of rotatable bonds is 8. The summed E-state index contributed by atoms with van der Waals surface area (Å²) >= 11 is 5.77. The van der Waals surface area contributed by atoms with Crippen LogP contribution in [-0.4, -0.2) is 53.0 Å². The van der Waals surface area contributed by atoms with Gasteiger partial charge in [0.1, 0.15) is 0 Å². The van der Waals surface area contributed by atoms with Crippen molar-refractivity contribution in [3.05, 3.63) is 29.3 Å². The van der Waals surface area contributed by atoms with Crippen molar-refractivity contribution in [1.82, 2.24) is 14.9 Å². The molecule has 0 aliphatic carbocycles. The number of hydrogen-bond acceptors (Lipinski definition) is 4. The van der Waals surface area contributed by atoms with Gasteiger partial charge >= 0.3 is 0 Å². The van der Waals surface area contributed by atoms with Gasteiger partial charge in [-0.05, 0) is 25.2 Å². The number of likely N-dealkylation sites (N-methyl/N-ethyl adjacent to an activating group) is 2. The highest BCUT2D eigenvalue weighted by atomic mass is 35.5. The number of carbonyl (C=O) groups is 1. The van der Waals surface area contributed by atoms with Gasteiger partial charge in [-0.2, -0.15) is 0 Å². The summed E-state index contributed by atoms with van der Waals surface area (Å²) in [4.78, 5) is 13.4. The average molecular weight is 370 g/mol. The number of nitrogens with one attached hydrogen (secondary N) is 2. The van der Waals surface area contributed by atoms with Gasteiger partial charge in [0, 0.05) is 38.1 Å². The zero-order valence-electron chi connectivity index (χ0n) is 12.5. The molecule has 22 heavy (non-hydrogen) atoms. The molecule has 0 aromatic heterocycles. The molecule has 1 rings (SSSR count). The molecule has 0 fully saturated rings. The van der Waals surface area contributed by atoms with Crippen LogP contribution in [0.15, 0.2) is 29.2 Å². The summed E-state index contributed by atoms with van der Waals surface area (Å²) < 4.78 is 26.4. The van der Waals surface area contributed by atoms with E-state index in [0.717, 1.165) is 0 Å². The third-order valence-electron chi connectivity index (χ3n) is 2.86. The molecule has 0 atom stereocenters. The van der Waals surface area contributed by atoms with Gasteiger partial charge in [-0.1, -0.05) is 17.7 Å². The van der Waals surface area contributed by atoms with E-state index in [9.17, 15) is 13.2 Å². The number of halogens is 2. The third kappa shape index (κ3) is 6.93. The Hall–Kier alpha value is -0.860. The smallest absolute Gasteiger partial charge is 0.240 e. The zero-order valence-corrected chi connectivity index (χ0v) is 14.9. The summed E-state index contributed by atoms with van der Waals surface area (Å²) in [5, 5.41) is 3.29. The second-order valence-electron chi connectivity index (χ2n) is 4.52. The summed E-state index contributed by atoms with van der Waals surface area (Å²) in [5.41, 5.74) is 0. The van der Waals surface area contributed by atoms with Crippen LogP contribution in [0.25, 0.3) is 0 Å². The molecule has 1 aromatic rings. The van der Waals surface area contributed by atoms with Crippen molar-refractivity contribution in [2.75, 3.05) is 33.7 Å². The molecule has 126 valence electrons. The van der Waals surface area contributed by atoms with Crippen molar-refractivity contribution < 1.29 is 13.2 Å². The van der Waals surface area contributed by atoms with Crippen molar-refractivity contribution in [2.24, 2.45) is 0 Å². The number of hydrogen-bond donors (Lipinski definition) is 2. The molecule has 0 saturated heterocycles. The maximum absolute atomic E-state index is 12.0. The summed E-state index contributed by atoms with van der Waals surface area (Å²) in [7, 11) is -0.150. The topological polar surface area (TPSA) is 78.5 Å². The van der Waals surface area contributed by atoms with Crippen LogP contribution in [0.1, 0.15) is 6.42 Å². The third-order valence-corrected chi connectivity index (χ3v) is 4.55. The highest BCUT2D eigenvalue weighted by Gasteiger charge is 2.15. The first-order chi connectivity index (χ1) is 9.86. The molecule has 0 aliphatic rings. The van der Waals surface area contributed by atoms with Crippen LogP contribution in [0, 0.1) is 0 Å². The Labute approximate surface area is 142 Å². The lowest BCUT2D eigenvalue weighted by Gasteiger charge is -2.17. The lowest BCUT2D eigenvalue weighted by Crippen LogP contribution is -2.35. The van der Waals surface area contributed by atoms with E-state index in [4.69, 9.17) is 11.6 Å². The van der Waals surface area contributed by atoms with Gasteiger partial charge in [-0.3, -0.25) is 4.79 Å². The second kappa shape index (κ2) is 10.0. The summed E-state index contributed by atoms with van der Waals surface area (Å²) in [5.74, 6) is -0.112. The summed E-state index contributed by atoms with van der Waals surface area (Å²) in [6.07, 6.45) is 0.111. The van der Waals surface area contributed by atoms with E-state index in [1.165, 1.54) is 12.1 Å². The maximum Gasteiger partial charge on any atom is 0.240 e. The largest absolute Gasteiger partial charge is 0.344 e. The Morgan fingerprint density at radius 1 is 1.32 bits per heavy atom. The fourth-order valence-corrected chi connectivity index (χ4v) is 2.94. The number of sulfonamides is 1. The minimum atomic E-state index is -3.64. The van der Waals surface area contributed by atoms with Crippen LogP contribution in [0.2, 0.25) is 5.02 Å². The molecule has 9 heteroatoms. The number of amides is 1. The number of carbonyl (C=O) groups excluding carboxylic acids is 1. The first-order valence-electron chi connectivity index (χ1n) is 6.50. The van der Waals surface area contributed by atoms with Crippen LogP contribution in [-0.2, 0) is 14.8 Å². The Balaban J connectivity index is 0.00000441. The first kappa shape index (κ1) is 21.1. The van der Waals surface area contributed by atoms with Gasteiger partial charge in [-0.15, -0.1) is 12.4 Å². The molecule has 0 unspecified atom stereocenters. The van der Waals surface area contributed by atoms with Crippen molar-refractivity contribution in [3.8, 4) is 0 Å². The molecule has 1 amide bonds. The lowest BCUT2D eigenvalue weighted by atomic mass is 10.3. The molecule has 0 saturated carbocycles. The molecule has 0 spiro atoms. The minimum Gasteiger partial charge on any atom is -0.344 e. The van der Waals surface area contributed by atoms with Crippen LogP contribution in [0.5, 0.6) is 0 Å². The lowest BCUT2D eigenvalue weighted by molar-refractivity contribution is -0.129. The van der Waals surface area contributed by atoms with E-state index in [-0.39, 0.29) is 36.2 Å². The molecule has 0 radical (unpaired) electrons. The van der Waals surface area contributed by atoms with E-state index in [1.807, 2.05) is 0 Å². The SMILES string of the molecule is CNCCN(C)C(=O)CCNS(=O)(=O)c1cccc(Cl)c1.Cl. The summed E-state index contributed by atoms with van der Waals surface area (Å²) in [6.45, 7) is 1.32. The Bertz CT molecular complexity index is 582. The Morgan fingerprint density at radius 3 is 2.59 bits per heavy atom. The van der Waals surface area contributed by atoms with E-state index >= 15 is 0 Å². The van der Waals surface area contributed by atoms with Gasteiger partial charge in [0.2, 0.25) is 15.9 Å². The second-order valence-corrected chi connectivity index (χ2v) is 6.73. The average Bonchev–Trinajstić information content (AvgIpc) is 2.44. The van der Waals surface area contributed by atoms with Crippen LogP contribution in [0.4, 0.5) is 0 Å². The van der Waals surface area contributed by atoms with Gasteiger partial charge < -0.3 is 10.2 Å². The van der Waals surface area contributed by atoms with Gasteiger partial charge in [0.15, 0.2) is 0 Å². The fraction of sp³-hybridized carbons (Fsp3) is 0.462. The van der Waals surface area contributed by atoms with E-state index in [0.29, 0.717) is 18.1 Å². The van der Waals surface area contributed by atoms with Crippen molar-refractivity contribution >= 4 is 39.9 Å².